The SMILES string of the molecule is Cc1ccc(C(=O)C(C)Oc2ccc(CN3CCNC(=O)C3)cc2)cc1. The molecule has 0 bridgehead atoms. The van der Waals surface area contributed by atoms with Gasteiger partial charge in [-0.15, -0.1) is 0 Å². The summed E-state index contributed by atoms with van der Waals surface area (Å²) in [6.07, 6.45) is -0.547. The molecule has 1 atom stereocenters. The summed E-state index contributed by atoms with van der Waals surface area (Å²) in [4.78, 5) is 26.0. The van der Waals surface area contributed by atoms with E-state index in [1.165, 1.54) is 0 Å². The number of carbonyl (C=O) groups is 2. The first-order valence-corrected chi connectivity index (χ1v) is 8.87. The Morgan fingerprint density at radius 2 is 1.85 bits per heavy atom. The van der Waals surface area contributed by atoms with Crippen molar-refractivity contribution in [3.63, 3.8) is 0 Å². The lowest BCUT2D eigenvalue weighted by Gasteiger charge is -2.26. The van der Waals surface area contributed by atoms with E-state index in [0.29, 0.717) is 24.4 Å². The van der Waals surface area contributed by atoms with Gasteiger partial charge in [0.1, 0.15) is 5.75 Å². The van der Waals surface area contributed by atoms with Gasteiger partial charge >= 0.3 is 0 Å². The normalized spacial score (nSPS) is 16.0. The highest BCUT2D eigenvalue weighted by molar-refractivity contribution is 5.99. The van der Waals surface area contributed by atoms with E-state index in [0.717, 1.165) is 24.2 Å². The molecule has 1 unspecified atom stereocenters. The summed E-state index contributed by atoms with van der Waals surface area (Å²) in [7, 11) is 0. The van der Waals surface area contributed by atoms with Gasteiger partial charge in [0.05, 0.1) is 6.54 Å². The zero-order chi connectivity index (χ0) is 18.5. The molecular formula is C21H24N2O3. The monoisotopic (exact) mass is 352 g/mol. The van der Waals surface area contributed by atoms with Crippen LogP contribution in [0.1, 0.15) is 28.4 Å². The van der Waals surface area contributed by atoms with E-state index in [-0.39, 0.29) is 11.7 Å². The van der Waals surface area contributed by atoms with Crippen molar-refractivity contribution in [2.45, 2.75) is 26.5 Å². The van der Waals surface area contributed by atoms with E-state index in [9.17, 15) is 9.59 Å². The van der Waals surface area contributed by atoms with Gasteiger partial charge in [-0.1, -0.05) is 42.0 Å². The molecular weight excluding hydrogens is 328 g/mol. The summed E-state index contributed by atoms with van der Waals surface area (Å²) in [5.74, 6) is 0.700. The van der Waals surface area contributed by atoms with Crippen LogP contribution in [-0.2, 0) is 11.3 Å². The van der Waals surface area contributed by atoms with E-state index < -0.39 is 6.10 Å². The first kappa shape index (κ1) is 18.1. The third-order valence-electron chi connectivity index (χ3n) is 4.47. The van der Waals surface area contributed by atoms with Crippen molar-refractivity contribution in [3.05, 3.63) is 65.2 Å². The Morgan fingerprint density at radius 3 is 2.50 bits per heavy atom. The molecule has 136 valence electrons. The minimum Gasteiger partial charge on any atom is -0.483 e. The molecule has 1 aliphatic heterocycles. The number of carbonyl (C=O) groups excluding carboxylic acids is 2. The Labute approximate surface area is 154 Å². The third kappa shape index (κ3) is 4.70. The summed E-state index contributed by atoms with van der Waals surface area (Å²) >= 11 is 0. The van der Waals surface area contributed by atoms with Crippen molar-refractivity contribution in [1.82, 2.24) is 10.2 Å². The predicted octanol–water partition coefficient (Wildman–Crippen LogP) is 2.58. The number of aryl methyl sites for hydroxylation is 1. The summed E-state index contributed by atoms with van der Waals surface area (Å²) in [5.41, 5.74) is 2.89. The van der Waals surface area contributed by atoms with Gasteiger partial charge in [0, 0.05) is 25.2 Å². The average Bonchev–Trinajstić information content (AvgIpc) is 2.63. The number of nitrogens with zero attached hydrogens (tertiary/aromatic N) is 1. The first-order valence-electron chi connectivity index (χ1n) is 8.87. The van der Waals surface area contributed by atoms with Crippen LogP contribution >= 0.6 is 0 Å². The van der Waals surface area contributed by atoms with Crippen LogP contribution in [0.5, 0.6) is 5.75 Å². The maximum absolute atomic E-state index is 12.5. The maximum atomic E-state index is 12.5. The van der Waals surface area contributed by atoms with E-state index >= 15 is 0 Å². The fourth-order valence-electron chi connectivity index (χ4n) is 2.97. The number of ether oxygens (including phenoxy) is 1. The van der Waals surface area contributed by atoms with E-state index in [4.69, 9.17) is 4.74 Å². The molecule has 5 nitrogen and oxygen atoms in total. The smallest absolute Gasteiger partial charge is 0.234 e. The van der Waals surface area contributed by atoms with Crippen molar-refractivity contribution in [2.75, 3.05) is 19.6 Å². The second-order valence-electron chi connectivity index (χ2n) is 6.69. The van der Waals surface area contributed by atoms with Crippen molar-refractivity contribution in [3.8, 4) is 5.75 Å². The van der Waals surface area contributed by atoms with E-state index in [2.05, 4.69) is 10.2 Å². The number of ketones is 1. The van der Waals surface area contributed by atoms with Gasteiger partial charge in [0.25, 0.3) is 0 Å². The van der Waals surface area contributed by atoms with Crippen LogP contribution in [-0.4, -0.2) is 42.3 Å². The highest BCUT2D eigenvalue weighted by atomic mass is 16.5. The van der Waals surface area contributed by atoms with Crippen molar-refractivity contribution < 1.29 is 14.3 Å². The number of rotatable bonds is 6. The second-order valence-corrected chi connectivity index (χ2v) is 6.69. The van der Waals surface area contributed by atoms with Crippen LogP contribution in [0.3, 0.4) is 0 Å². The maximum Gasteiger partial charge on any atom is 0.234 e. The molecule has 0 spiro atoms. The highest BCUT2D eigenvalue weighted by Gasteiger charge is 2.18. The van der Waals surface area contributed by atoms with Crippen LogP contribution < -0.4 is 10.1 Å². The number of nitrogens with one attached hydrogen (secondary N) is 1. The fourth-order valence-corrected chi connectivity index (χ4v) is 2.97. The number of piperazine rings is 1. The van der Waals surface area contributed by atoms with Crippen molar-refractivity contribution in [2.24, 2.45) is 0 Å². The van der Waals surface area contributed by atoms with Crippen molar-refractivity contribution >= 4 is 11.7 Å². The molecule has 5 heteroatoms. The first-order chi connectivity index (χ1) is 12.5. The summed E-state index contributed by atoms with van der Waals surface area (Å²) in [6, 6.07) is 15.2. The molecule has 1 amide bonds. The molecule has 1 saturated heterocycles. The van der Waals surface area contributed by atoms with Gasteiger partial charge in [-0.25, -0.2) is 0 Å². The largest absolute Gasteiger partial charge is 0.483 e. The minimum atomic E-state index is -0.547. The Hall–Kier alpha value is -2.66. The lowest BCUT2D eigenvalue weighted by Crippen LogP contribution is -2.47. The summed E-state index contributed by atoms with van der Waals surface area (Å²) < 4.78 is 5.80. The highest BCUT2D eigenvalue weighted by Crippen LogP contribution is 2.17. The molecule has 1 heterocycles. The zero-order valence-corrected chi connectivity index (χ0v) is 15.2. The average molecular weight is 352 g/mol. The molecule has 1 fully saturated rings. The molecule has 1 aliphatic rings. The van der Waals surface area contributed by atoms with Crippen LogP contribution in [0.15, 0.2) is 48.5 Å². The molecule has 0 aliphatic carbocycles. The standard InChI is InChI=1S/C21H24N2O3/c1-15-3-7-18(8-4-15)21(25)16(2)26-19-9-5-17(6-10-19)13-23-12-11-22-20(24)14-23/h3-10,16H,11-14H2,1-2H3,(H,22,24). The number of hydrogen-bond acceptors (Lipinski definition) is 4. The number of amides is 1. The quantitative estimate of drug-likeness (QED) is 0.812. The number of benzene rings is 2. The molecule has 2 aromatic carbocycles. The van der Waals surface area contributed by atoms with Crippen LogP contribution in [0.2, 0.25) is 0 Å². The Bertz CT molecular complexity index is 769. The van der Waals surface area contributed by atoms with Gasteiger partial charge in [0.15, 0.2) is 6.10 Å². The lowest BCUT2D eigenvalue weighted by atomic mass is 10.1. The molecule has 0 saturated carbocycles. The van der Waals surface area contributed by atoms with E-state index in [1.807, 2.05) is 55.5 Å². The zero-order valence-electron chi connectivity index (χ0n) is 15.2. The van der Waals surface area contributed by atoms with Crippen LogP contribution in [0.25, 0.3) is 0 Å². The molecule has 3 rings (SSSR count). The van der Waals surface area contributed by atoms with Crippen LogP contribution in [0.4, 0.5) is 0 Å². The Kier molecular flexibility index (Phi) is 5.68. The predicted molar refractivity (Wildman–Crippen MR) is 100 cm³/mol. The van der Waals surface area contributed by atoms with Crippen LogP contribution in [0, 0.1) is 6.92 Å². The van der Waals surface area contributed by atoms with Gasteiger partial charge in [-0.05, 0) is 31.5 Å². The lowest BCUT2D eigenvalue weighted by molar-refractivity contribution is -0.124. The van der Waals surface area contributed by atoms with Gasteiger partial charge in [0.2, 0.25) is 11.7 Å². The molecule has 26 heavy (non-hydrogen) atoms. The molecule has 0 aromatic heterocycles. The minimum absolute atomic E-state index is 0.0339. The fraction of sp³-hybridized carbons (Fsp3) is 0.333. The molecule has 1 N–H and O–H groups in total. The second kappa shape index (κ2) is 8.15. The van der Waals surface area contributed by atoms with Gasteiger partial charge in [-0.3, -0.25) is 14.5 Å². The summed E-state index contributed by atoms with van der Waals surface area (Å²) in [5, 5.41) is 2.82. The van der Waals surface area contributed by atoms with Gasteiger partial charge < -0.3 is 10.1 Å². The number of Topliss-reactive ketones (excluding diaryl/α,β-unsaturated/α-hetero) is 1. The molecule has 0 radical (unpaired) electrons. The van der Waals surface area contributed by atoms with Crippen molar-refractivity contribution in [1.29, 1.82) is 0 Å². The number of hydrogen-bond donors (Lipinski definition) is 1. The topological polar surface area (TPSA) is 58.6 Å². The summed E-state index contributed by atoms with van der Waals surface area (Å²) in [6.45, 7) is 6.46. The Balaban J connectivity index is 1.57. The Morgan fingerprint density at radius 1 is 1.15 bits per heavy atom. The van der Waals surface area contributed by atoms with E-state index in [1.54, 1.807) is 6.92 Å². The third-order valence-corrected chi connectivity index (χ3v) is 4.47. The van der Waals surface area contributed by atoms with Gasteiger partial charge in [-0.2, -0.15) is 0 Å². The molecule has 2 aromatic rings.